The van der Waals surface area contributed by atoms with Crippen LogP contribution < -0.4 is 16.0 Å². The molecule has 1 aliphatic rings. The lowest BCUT2D eigenvalue weighted by Gasteiger charge is -2.06. The quantitative estimate of drug-likeness (QED) is 0.771. The van der Waals surface area contributed by atoms with E-state index in [1.807, 2.05) is 25.1 Å². The Bertz CT molecular complexity index is 667. The third-order valence-corrected chi connectivity index (χ3v) is 3.80. The number of carbonyl (C=O) groups excluding carboxylic acids is 2. The lowest BCUT2D eigenvalue weighted by Crippen LogP contribution is -2.38. The van der Waals surface area contributed by atoms with Crippen molar-refractivity contribution in [3.05, 3.63) is 23.8 Å². The fraction of sp³-hybridized carbons (Fsp3) is 0.250. The third kappa shape index (κ3) is 2.37. The van der Waals surface area contributed by atoms with E-state index in [9.17, 15) is 9.59 Å². The van der Waals surface area contributed by atoms with Crippen molar-refractivity contribution in [1.82, 2.24) is 15.6 Å². The van der Waals surface area contributed by atoms with Gasteiger partial charge in [-0.1, -0.05) is 17.4 Å². The van der Waals surface area contributed by atoms with E-state index >= 15 is 0 Å². The summed E-state index contributed by atoms with van der Waals surface area (Å²) in [7, 11) is 0. The number of benzene rings is 1. The zero-order valence-corrected chi connectivity index (χ0v) is 11.0. The van der Waals surface area contributed by atoms with Crippen molar-refractivity contribution in [2.45, 2.75) is 13.0 Å². The van der Waals surface area contributed by atoms with Gasteiger partial charge in [0.05, 0.1) is 10.2 Å². The van der Waals surface area contributed by atoms with Crippen molar-refractivity contribution in [2.24, 2.45) is 0 Å². The molecule has 0 saturated carbocycles. The number of carbonyl (C=O) groups is 2. The number of thiazole rings is 1. The number of aryl methyl sites for hydroxylation is 1. The standard InChI is InChI=1S/C12H12N4O2S/c1-6-2-3-7-9(4-6)19-12(15-7)16-10(17)8-5-13-11(18)14-8/h2-4,8H,5H2,1H3,(H2,13,14,18)(H,15,16,17)/t8-/m0/s1. The molecule has 2 aromatic rings. The summed E-state index contributed by atoms with van der Waals surface area (Å²) in [5.41, 5.74) is 2.01. The van der Waals surface area contributed by atoms with Gasteiger partial charge in [0.2, 0.25) is 0 Å². The highest BCUT2D eigenvalue weighted by Crippen LogP contribution is 2.26. The Labute approximate surface area is 113 Å². The first kappa shape index (κ1) is 11.9. The molecule has 19 heavy (non-hydrogen) atoms. The van der Waals surface area contributed by atoms with E-state index < -0.39 is 6.04 Å². The van der Waals surface area contributed by atoms with E-state index in [4.69, 9.17) is 0 Å². The normalized spacial score (nSPS) is 18.2. The number of aromatic nitrogens is 1. The Hall–Kier alpha value is -2.15. The maximum absolute atomic E-state index is 11.9. The summed E-state index contributed by atoms with van der Waals surface area (Å²) >= 11 is 1.42. The van der Waals surface area contributed by atoms with Gasteiger partial charge in [0.25, 0.3) is 5.91 Å². The summed E-state index contributed by atoms with van der Waals surface area (Å²) < 4.78 is 1.03. The second-order valence-corrected chi connectivity index (χ2v) is 5.42. The van der Waals surface area contributed by atoms with E-state index in [-0.39, 0.29) is 11.9 Å². The Morgan fingerprint density at radius 2 is 2.37 bits per heavy atom. The molecule has 1 aliphatic heterocycles. The number of urea groups is 1. The highest BCUT2D eigenvalue weighted by atomic mass is 32.1. The number of fused-ring (bicyclic) bond motifs is 1. The number of nitrogens with one attached hydrogen (secondary N) is 3. The number of anilines is 1. The number of hydrogen-bond acceptors (Lipinski definition) is 4. The minimum Gasteiger partial charge on any atom is -0.336 e. The molecule has 1 saturated heterocycles. The molecule has 0 spiro atoms. The molecule has 1 aromatic carbocycles. The van der Waals surface area contributed by atoms with Crippen LogP contribution in [0.4, 0.5) is 9.93 Å². The maximum Gasteiger partial charge on any atom is 0.315 e. The molecular weight excluding hydrogens is 264 g/mol. The monoisotopic (exact) mass is 276 g/mol. The highest BCUT2D eigenvalue weighted by molar-refractivity contribution is 7.22. The van der Waals surface area contributed by atoms with E-state index in [0.29, 0.717) is 11.7 Å². The van der Waals surface area contributed by atoms with Crippen molar-refractivity contribution in [1.29, 1.82) is 0 Å². The largest absolute Gasteiger partial charge is 0.336 e. The molecule has 2 heterocycles. The second-order valence-electron chi connectivity index (χ2n) is 4.39. The predicted molar refractivity (Wildman–Crippen MR) is 73.3 cm³/mol. The molecule has 0 aliphatic carbocycles. The van der Waals surface area contributed by atoms with Crippen LogP contribution in [-0.2, 0) is 4.79 Å². The van der Waals surface area contributed by atoms with E-state index in [2.05, 4.69) is 20.9 Å². The van der Waals surface area contributed by atoms with Gasteiger partial charge < -0.3 is 16.0 Å². The average Bonchev–Trinajstić information content (AvgIpc) is 2.94. The lowest BCUT2D eigenvalue weighted by molar-refractivity contribution is -0.117. The minimum atomic E-state index is -0.541. The van der Waals surface area contributed by atoms with Crippen LogP contribution in [0.2, 0.25) is 0 Å². The van der Waals surface area contributed by atoms with Gasteiger partial charge in [0, 0.05) is 6.54 Å². The molecular formula is C12H12N4O2S. The van der Waals surface area contributed by atoms with Crippen molar-refractivity contribution in [3.63, 3.8) is 0 Å². The zero-order chi connectivity index (χ0) is 13.4. The Kier molecular flexibility index (Phi) is 2.83. The van der Waals surface area contributed by atoms with Crippen LogP contribution in [0.25, 0.3) is 10.2 Å². The van der Waals surface area contributed by atoms with Crippen molar-refractivity contribution < 1.29 is 9.59 Å². The van der Waals surface area contributed by atoms with Crippen molar-refractivity contribution in [2.75, 3.05) is 11.9 Å². The zero-order valence-electron chi connectivity index (χ0n) is 10.2. The lowest BCUT2D eigenvalue weighted by atomic mass is 10.2. The van der Waals surface area contributed by atoms with Gasteiger partial charge in [-0.3, -0.25) is 4.79 Å². The summed E-state index contributed by atoms with van der Waals surface area (Å²) in [6.07, 6.45) is 0. The van der Waals surface area contributed by atoms with Gasteiger partial charge >= 0.3 is 6.03 Å². The van der Waals surface area contributed by atoms with Crippen molar-refractivity contribution >= 4 is 38.6 Å². The van der Waals surface area contributed by atoms with Crippen LogP contribution in [0.3, 0.4) is 0 Å². The smallest absolute Gasteiger partial charge is 0.315 e. The van der Waals surface area contributed by atoms with Gasteiger partial charge in [-0.15, -0.1) is 0 Å². The summed E-state index contributed by atoms with van der Waals surface area (Å²) in [4.78, 5) is 27.2. The highest BCUT2D eigenvalue weighted by Gasteiger charge is 2.27. The summed E-state index contributed by atoms with van der Waals surface area (Å²) in [5.74, 6) is -0.255. The fourth-order valence-electron chi connectivity index (χ4n) is 1.89. The molecule has 1 fully saturated rings. The molecule has 3 N–H and O–H groups in total. The van der Waals surface area contributed by atoms with Crippen LogP contribution in [0.15, 0.2) is 18.2 Å². The third-order valence-electron chi connectivity index (χ3n) is 2.86. The van der Waals surface area contributed by atoms with Gasteiger partial charge in [0.15, 0.2) is 5.13 Å². The van der Waals surface area contributed by atoms with Crippen LogP contribution in [0.1, 0.15) is 5.56 Å². The van der Waals surface area contributed by atoms with Crippen LogP contribution in [0.5, 0.6) is 0 Å². The Morgan fingerprint density at radius 3 is 3.11 bits per heavy atom. The SMILES string of the molecule is Cc1ccc2nc(NC(=O)[C@@H]3CNC(=O)N3)sc2c1. The first-order chi connectivity index (χ1) is 9.11. The first-order valence-corrected chi connectivity index (χ1v) is 6.66. The van der Waals surface area contributed by atoms with Gasteiger partial charge in [0.1, 0.15) is 6.04 Å². The van der Waals surface area contributed by atoms with Crippen LogP contribution >= 0.6 is 11.3 Å². The molecule has 1 atom stereocenters. The molecule has 98 valence electrons. The molecule has 6 nitrogen and oxygen atoms in total. The molecule has 3 rings (SSSR count). The number of amides is 3. The number of rotatable bonds is 2. The summed E-state index contributed by atoms with van der Waals surface area (Å²) in [6, 6.07) is 5.08. The van der Waals surface area contributed by atoms with Crippen molar-refractivity contribution in [3.8, 4) is 0 Å². The number of nitrogens with zero attached hydrogens (tertiary/aromatic N) is 1. The minimum absolute atomic E-state index is 0.255. The second kappa shape index (κ2) is 4.51. The number of hydrogen-bond donors (Lipinski definition) is 3. The molecule has 7 heteroatoms. The Balaban J connectivity index is 1.77. The molecule has 0 bridgehead atoms. The maximum atomic E-state index is 11.9. The fourth-order valence-corrected chi connectivity index (χ4v) is 2.86. The van der Waals surface area contributed by atoms with Gasteiger partial charge in [-0.2, -0.15) is 0 Å². The van der Waals surface area contributed by atoms with E-state index in [1.54, 1.807) is 0 Å². The predicted octanol–water partition coefficient (Wildman–Crippen LogP) is 1.22. The molecule has 3 amide bonds. The van der Waals surface area contributed by atoms with Crippen LogP contribution in [-0.4, -0.2) is 29.5 Å². The molecule has 1 aromatic heterocycles. The van der Waals surface area contributed by atoms with Gasteiger partial charge in [-0.25, -0.2) is 9.78 Å². The topological polar surface area (TPSA) is 83.1 Å². The Morgan fingerprint density at radius 1 is 1.53 bits per heavy atom. The van der Waals surface area contributed by atoms with Gasteiger partial charge in [-0.05, 0) is 24.6 Å². The van der Waals surface area contributed by atoms with E-state index in [1.165, 1.54) is 11.3 Å². The first-order valence-electron chi connectivity index (χ1n) is 5.84. The van der Waals surface area contributed by atoms with Crippen LogP contribution in [0, 0.1) is 6.92 Å². The molecule has 0 unspecified atom stereocenters. The summed E-state index contributed by atoms with van der Waals surface area (Å²) in [5, 5.41) is 8.35. The summed E-state index contributed by atoms with van der Waals surface area (Å²) in [6.45, 7) is 2.31. The average molecular weight is 276 g/mol. The molecule has 0 radical (unpaired) electrons. The van der Waals surface area contributed by atoms with E-state index in [0.717, 1.165) is 15.8 Å².